The summed E-state index contributed by atoms with van der Waals surface area (Å²) in [5.41, 5.74) is 1.20. The van der Waals surface area contributed by atoms with Crippen LogP contribution >= 0.6 is 11.6 Å². The van der Waals surface area contributed by atoms with Gasteiger partial charge < -0.3 is 15.4 Å². The maximum atomic E-state index is 12.4. The molecule has 0 fully saturated rings. The van der Waals surface area contributed by atoms with Crippen molar-refractivity contribution < 1.29 is 14.3 Å². The zero-order valence-electron chi connectivity index (χ0n) is 12.7. The molecule has 0 radical (unpaired) electrons. The molecule has 2 N–H and O–H groups in total. The largest absolute Gasteiger partial charge is 0.372 e. The van der Waals surface area contributed by atoms with Gasteiger partial charge in [-0.15, -0.1) is 0 Å². The SMILES string of the molecule is COC(C)C(=O)Nc1ccc(Cl)cc1C(=O)Nc1ccncc1. The highest BCUT2D eigenvalue weighted by Gasteiger charge is 2.17. The Morgan fingerprint density at radius 3 is 2.52 bits per heavy atom. The van der Waals surface area contributed by atoms with Gasteiger partial charge in [-0.1, -0.05) is 11.6 Å². The summed E-state index contributed by atoms with van der Waals surface area (Å²) in [5, 5.41) is 5.77. The van der Waals surface area contributed by atoms with Crippen molar-refractivity contribution in [2.24, 2.45) is 0 Å². The summed E-state index contributed by atoms with van der Waals surface area (Å²) in [4.78, 5) is 28.3. The van der Waals surface area contributed by atoms with Crippen LogP contribution in [0.5, 0.6) is 0 Å². The number of rotatable bonds is 5. The third-order valence-corrected chi connectivity index (χ3v) is 3.38. The minimum atomic E-state index is -0.637. The van der Waals surface area contributed by atoms with Gasteiger partial charge in [0.15, 0.2) is 0 Å². The highest BCUT2D eigenvalue weighted by Crippen LogP contribution is 2.22. The van der Waals surface area contributed by atoms with E-state index in [0.29, 0.717) is 16.4 Å². The van der Waals surface area contributed by atoms with E-state index in [2.05, 4.69) is 15.6 Å². The van der Waals surface area contributed by atoms with Crippen LogP contribution in [0, 0.1) is 0 Å². The molecule has 0 saturated carbocycles. The average Bonchev–Trinajstić information content (AvgIpc) is 2.56. The molecule has 0 aliphatic carbocycles. The van der Waals surface area contributed by atoms with Crippen LogP contribution in [0.2, 0.25) is 5.02 Å². The number of pyridine rings is 1. The highest BCUT2D eigenvalue weighted by atomic mass is 35.5. The van der Waals surface area contributed by atoms with E-state index in [0.717, 1.165) is 0 Å². The Kier molecular flexibility index (Phi) is 5.67. The first kappa shape index (κ1) is 16.9. The van der Waals surface area contributed by atoms with Crippen LogP contribution in [0.3, 0.4) is 0 Å². The van der Waals surface area contributed by atoms with Gasteiger partial charge in [-0.05, 0) is 37.3 Å². The van der Waals surface area contributed by atoms with Gasteiger partial charge in [-0.3, -0.25) is 14.6 Å². The van der Waals surface area contributed by atoms with E-state index in [1.54, 1.807) is 43.6 Å². The van der Waals surface area contributed by atoms with Crippen LogP contribution in [0.1, 0.15) is 17.3 Å². The lowest BCUT2D eigenvalue weighted by atomic mass is 10.1. The van der Waals surface area contributed by atoms with Crippen LogP contribution in [0.25, 0.3) is 0 Å². The van der Waals surface area contributed by atoms with Crippen LogP contribution in [0.15, 0.2) is 42.7 Å². The van der Waals surface area contributed by atoms with Gasteiger partial charge >= 0.3 is 0 Å². The third-order valence-electron chi connectivity index (χ3n) is 3.15. The smallest absolute Gasteiger partial charge is 0.257 e. The number of halogens is 1. The molecule has 7 heteroatoms. The number of benzene rings is 1. The standard InChI is InChI=1S/C16H16ClN3O3/c1-10(23-2)15(21)20-14-4-3-11(17)9-13(14)16(22)19-12-5-7-18-8-6-12/h3-10H,1-2H3,(H,20,21)(H,18,19,22). The quantitative estimate of drug-likeness (QED) is 0.881. The number of hydrogen-bond acceptors (Lipinski definition) is 4. The van der Waals surface area contributed by atoms with E-state index < -0.39 is 6.10 Å². The van der Waals surface area contributed by atoms with E-state index in [9.17, 15) is 9.59 Å². The second kappa shape index (κ2) is 7.71. The van der Waals surface area contributed by atoms with Gasteiger partial charge in [0.2, 0.25) is 0 Å². The van der Waals surface area contributed by atoms with Gasteiger partial charge in [-0.2, -0.15) is 0 Å². The molecule has 0 aliphatic heterocycles. The molecule has 2 amide bonds. The second-order valence-corrected chi connectivity index (χ2v) is 5.18. The predicted octanol–water partition coefficient (Wildman–Crippen LogP) is 2.96. The Bertz CT molecular complexity index is 707. The summed E-state index contributed by atoms with van der Waals surface area (Å²) in [6, 6.07) is 7.98. The maximum Gasteiger partial charge on any atom is 0.257 e. The van der Waals surface area contributed by atoms with Gasteiger partial charge in [0.05, 0.1) is 11.3 Å². The number of nitrogens with one attached hydrogen (secondary N) is 2. The topological polar surface area (TPSA) is 80.3 Å². The first-order chi connectivity index (χ1) is 11.0. The van der Waals surface area contributed by atoms with E-state index in [4.69, 9.17) is 16.3 Å². The molecule has 2 rings (SSSR count). The summed E-state index contributed by atoms with van der Waals surface area (Å²) in [5.74, 6) is -0.744. The van der Waals surface area contributed by atoms with Gasteiger partial charge in [-0.25, -0.2) is 0 Å². The molecule has 6 nitrogen and oxygen atoms in total. The molecule has 1 unspecified atom stereocenters. The van der Waals surface area contributed by atoms with E-state index in [1.165, 1.54) is 13.2 Å². The van der Waals surface area contributed by atoms with Crippen LogP contribution < -0.4 is 10.6 Å². The van der Waals surface area contributed by atoms with Crippen molar-refractivity contribution in [2.45, 2.75) is 13.0 Å². The molecule has 0 aliphatic rings. The van der Waals surface area contributed by atoms with Crippen molar-refractivity contribution in [2.75, 3.05) is 17.7 Å². The molecule has 1 heterocycles. The number of nitrogens with zero attached hydrogens (tertiary/aromatic N) is 1. The first-order valence-corrected chi connectivity index (χ1v) is 7.23. The van der Waals surface area contributed by atoms with Gasteiger partial charge in [0.1, 0.15) is 6.10 Å². The van der Waals surface area contributed by atoms with Crippen molar-refractivity contribution >= 4 is 34.8 Å². The van der Waals surface area contributed by atoms with Crippen LogP contribution in [-0.2, 0) is 9.53 Å². The molecule has 1 aromatic heterocycles. The lowest BCUT2D eigenvalue weighted by molar-refractivity contribution is -0.124. The molecular weight excluding hydrogens is 318 g/mol. The molecule has 1 aromatic carbocycles. The Balaban J connectivity index is 2.24. The van der Waals surface area contributed by atoms with E-state index in [-0.39, 0.29) is 17.4 Å². The monoisotopic (exact) mass is 333 g/mol. The normalized spacial score (nSPS) is 11.6. The minimum Gasteiger partial charge on any atom is -0.372 e. The molecule has 2 aromatic rings. The molecule has 0 spiro atoms. The van der Waals surface area contributed by atoms with Crippen LogP contribution in [0.4, 0.5) is 11.4 Å². The van der Waals surface area contributed by atoms with Gasteiger partial charge in [0, 0.05) is 30.2 Å². The van der Waals surface area contributed by atoms with E-state index >= 15 is 0 Å². The Morgan fingerprint density at radius 2 is 1.87 bits per heavy atom. The number of carbonyl (C=O) groups excluding carboxylic acids is 2. The predicted molar refractivity (Wildman–Crippen MR) is 88.7 cm³/mol. The fourth-order valence-electron chi connectivity index (χ4n) is 1.79. The Morgan fingerprint density at radius 1 is 1.17 bits per heavy atom. The molecule has 120 valence electrons. The van der Waals surface area contributed by atoms with Crippen molar-refractivity contribution in [1.82, 2.24) is 4.98 Å². The first-order valence-electron chi connectivity index (χ1n) is 6.86. The number of amides is 2. The summed E-state index contributed by atoms with van der Waals surface area (Å²) >= 11 is 5.96. The number of anilines is 2. The van der Waals surface area contributed by atoms with Crippen molar-refractivity contribution in [3.05, 3.63) is 53.3 Å². The molecule has 1 atom stereocenters. The van der Waals surface area contributed by atoms with Crippen molar-refractivity contribution in [3.8, 4) is 0 Å². The lowest BCUT2D eigenvalue weighted by Gasteiger charge is -2.14. The van der Waals surface area contributed by atoms with Crippen molar-refractivity contribution in [3.63, 3.8) is 0 Å². The average molecular weight is 334 g/mol. The molecule has 0 saturated heterocycles. The summed E-state index contributed by atoms with van der Waals surface area (Å²) in [7, 11) is 1.43. The summed E-state index contributed by atoms with van der Waals surface area (Å²) < 4.78 is 4.96. The highest BCUT2D eigenvalue weighted by molar-refractivity contribution is 6.31. The van der Waals surface area contributed by atoms with Gasteiger partial charge in [0.25, 0.3) is 11.8 Å². The zero-order valence-corrected chi connectivity index (χ0v) is 13.4. The number of carbonyl (C=O) groups is 2. The second-order valence-electron chi connectivity index (χ2n) is 4.75. The third kappa shape index (κ3) is 4.51. The maximum absolute atomic E-state index is 12.4. The minimum absolute atomic E-state index is 0.256. The summed E-state index contributed by atoms with van der Waals surface area (Å²) in [6.07, 6.45) is 2.49. The zero-order chi connectivity index (χ0) is 16.8. The molecular formula is C16H16ClN3O3. The van der Waals surface area contributed by atoms with Crippen LogP contribution in [-0.4, -0.2) is 30.0 Å². The lowest BCUT2D eigenvalue weighted by Crippen LogP contribution is -2.27. The number of methoxy groups -OCH3 is 1. The number of hydrogen-bond donors (Lipinski definition) is 2. The molecule has 0 bridgehead atoms. The number of aromatic nitrogens is 1. The Labute approximate surface area is 138 Å². The fourth-order valence-corrected chi connectivity index (χ4v) is 1.96. The fraction of sp³-hybridized carbons (Fsp3) is 0.188. The Hall–Kier alpha value is -2.44. The molecule has 23 heavy (non-hydrogen) atoms. The van der Waals surface area contributed by atoms with E-state index in [1.807, 2.05) is 0 Å². The van der Waals surface area contributed by atoms with Crippen molar-refractivity contribution in [1.29, 1.82) is 0 Å². The summed E-state index contributed by atoms with van der Waals surface area (Å²) in [6.45, 7) is 1.61. The number of ether oxygens (including phenoxy) is 1.